The van der Waals surface area contributed by atoms with E-state index in [1.807, 2.05) is 21.1 Å². The topological polar surface area (TPSA) is 95.9 Å². The first-order chi connectivity index (χ1) is 14.5. The van der Waals surface area contributed by atoms with E-state index in [-0.39, 0.29) is 24.7 Å². The quantitative estimate of drug-likeness (QED) is 0.140. The van der Waals surface area contributed by atoms with Crippen LogP contribution in [0.5, 0.6) is 0 Å². The second-order valence-electron chi connectivity index (χ2n) is 9.75. The maximum Gasteiger partial charge on any atom is 0.328 e. The lowest BCUT2D eigenvalue weighted by Crippen LogP contribution is -2.43. The van der Waals surface area contributed by atoms with E-state index in [9.17, 15) is 19.4 Å². The summed E-state index contributed by atoms with van der Waals surface area (Å²) in [5.74, 6) is -0.0464. The van der Waals surface area contributed by atoms with Crippen LogP contribution in [0.4, 0.5) is 0 Å². The predicted octanol–water partition coefficient (Wildman–Crippen LogP) is 4.46. The van der Waals surface area contributed by atoms with Crippen LogP contribution in [0.1, 0.15) is 90.9 Å². The molecule has 0 rings (SSSR count). The van der Waals surface area contributed by atoms with Crippen LogP contribution in [0.25, 0.3) is 0 Å². The fraction of sp³-hybridized carbons (Fsp3) is 0.957. The van der Waals surface area contributed by atoms with Crippen molar-refractivity contribution in [3.05, 3.63) is 0 Å². The largest absolute Gasteiger partial charge is 0.391 e. The summed E-state index contributed by atoms with van der Waals surface area (Å²) in [5.41, 5.74) is 0. The first kappa shape index (κ1) is 30.5. The number of aliphatic hydroxyl groups excluding tert-OH is 1. The smallest absolute Gasteiger partial charge is 0.328 e. The van der Waals surface area contributed by atoms with Gasteiger partial charge in [-0.2, -0.15) is 0 Å². The summed E-state index contributed by atoms with van der Waals surface area (Å²) in [5, 5.41) is 13.6. The molecule has 1 unspecified atom stereocenters. The lowest BCUT2D eigenvalue weighted by atomic mass is 9.99. The van der Waals surface area contributed by atoms with Crippen LogP contribution in [0.2, 0.25) is 0 Å². The van der Waals surface area contributed by atoms with Crippen LogP contribution in [0, 0.1) is 0 Å². The highest BCUT2D eigenvalue weighted by molar-refractivity contribution is 7.52. The Morgan fingerprint density at radius 2 is 1.58 bits per heavy atom. The van der Waals surface area contributed by atoms with Gasteiger partial charge in [-0.05, 0) is 25.7 Å². The van der Waals surface area contributed by atoms with Gasteiger partial charge < -0.3 is 24.3 Å². The fourth-order valence-electron chi connectivity index (χ4n) is 3.37. The third kappa shape index (κ3) is 18.8. The van der Waals surface area contributed by atoms with E-state index >= 15 is 0 Å². The number of carbonyl (C=O) groups excluding carboxylic acids is 1. The summed E-state index contributed by atoms with van der Waals surface area (Å²) in [4.78, 5) is 22.4. The van der Waals surface area contributed by atoms with Gasteiger partial charge >= 0.3 is 7.60 Å². The Morgan fingerprint density at radius 3 is 2.19 bits per heavy atom. The van der Waals surface area contributed by atoms with Gasteiger partial charge in [0.25, 0.3) is 0 Å². The maximum absolute atomic E-state index is 12.3. The molecular formula is C23H50N2O5P+. The van der Waals surface area contributed by atoms with E-state index in [1.54, 1.807) is 0 Å². The lowest BCUT2D eigenvalue weighted by molar-refractivity contribution is -0.870. The molecule has 0 aliphatic heterocycles. The number of quaternary nitrogens is 1. The number of unbranched alkanes of at least 4 members (excludes halogenated alkanes) is 6. The minimum absolute atomic E-state index is 0.0373. The van der Waals surface area contributed by atoms with Crippen molar-refractivity contribution in [1.29, 1.82) is 0 Å². The molecular weight excluding hydrogens is 415 g/mol. The van der Waals surface area contributed by atoms with Crippen molar-refractivity contribution in [3.8, 4) is 0 Å². The molecule has 0 saturated carbocycles. The first-order valence-corrected chi connectivity index (χ1v) is 14.0. The number of nitrogens with one attached hydrogen (secondary N) is 1. The summed E-state index contributed by atoms with van der Waals surface area (Å²) in [6.45, 7) is 5.15. The molecule has 0 aromatic rings. The van der Waals surface area contributed by atoms with Gasteiger partial charge in [0.2, 0.25) is 5.91 Å². The van der Waals surface area contributed by atoms with E-state index in [1.165, 1.54) is 12.8 Å². The van der Waals surface area contributed by atoms with Crippen LogP contribution in [0.15, 0.2) is 0 Å². The van der Waals surface area contributed by atoms with E-state index < -0.39 is 13.7 Å². The third-order valence-electron chi connectivity index (χ3n) is 5.43. The minimum Gasteiger partial charge on any atom is -0.391 e. The average molecular weight is 466 g/mol. The number of amides is 1. The van der Waals surface area contributed by atoms with Gasteiger partial charge in [-0.1, -0.05) is 58.8 Å². The number of likely N-dealkylation sites (N-methyl/N-ethyl adjacent to an activating group) is 1. The van der Waals surface area contributed by atoms with E-state index in [0.717, 1.165) is 38.5 Å². The van der Waals surface area contributed by atoms with Crippen LogP contribution in [-0.4, -0.2) is 73.0 Å². The molecule has 0 fully saturated rings. The van der Waals surface area contributed by atoms with Crippen molar-refractivity contribution in [2.45, 2.75) is 103 Å². The van der Waals surface area contributed by atoms with Crippen molar-refractivity contribution in [2.24, 2.45) is 0 Å². The SMILES string of the molecule is CCCCCCC[C@@H](O)[C@H](CCCP(=O)(O)OCC[N+](C)(C)C)NC(=O)CCCCC. The molecule has 0 saturated heterocycles. The molecule has 1 amide bonds. The normalized spacial score (nSPS) is 16.0. The third-order valence-corrected chi connectivity index (χ3v) is 6.90. The molecule has 0 heterocycles. The molecule has 0 aliphatic rings. The van der Waals surface area contributed by atoms with Gasteiger partial charge in [0.15, 0.2) is 0 Å². The summed E-state index contributed by atoms with van der Waals surface area (Å²) in [6.07, 6.45) is 9.85. The number of rotatable bonds is 20. The van der Waals surface area contributed by atoms with Gasteiger partial charge in [0.05, 0.1) is 39.5 Å². The zero-order valence-corrected chi connectivity index (χ0v) is 21.7. The van der Waals surface area contributed by atoms with Gasteiger partial charge in [-0.15, -0.1) is 0 Å². The summed E-state index contributed by atoms with van der Waals surface area (Å²) >= 11 is 0. The molecule has 0 radical (unpaired) electrons. The minimum atomic E-state index is -3.66. The number of nitrogens with zero attached hydrogens (tertiary/aromatic N) is 1. The van der Waals surface area contributed by atoms with Crippen LogP contribution in [-0.2, 0) is 13.9 Å². The monoisotopic (exact) mass is 465 g/mol. The number of carbonyl (C=O) groups is 1. The van der Waals surface area contributed by atoms with Crippen molar-refractivity contribution < 1.29 is 28.4 Å². The Kier molecular flexibility index (Phi) is 16.8. The Labute approximate surface area is 191 Å². The number of aliphatic hydroxyl groups is 1. The summed E-state index contributed by atoms with van der Waals surface area (Å²) < 4.78 is 18.2. The molecule has 3 N–H and O–H groups in total. The highest BCUT2D eigenvalue weighted by atomic mass is 31.2. The average Bonchev–Trinajstić information content (AvgIpc) is 2.65. The summed E-state index contributed by atoms with van der Waals surface area (Å²) in [7, 11) is 2.35. The molecule has 0 bridgehead atoms. The molecule has 0 aliphatic carbocycles. The molecule has 7 nitrogen and oxygen atoms in total. The van der Waals surface area contributed by atoms with Gasteiger partial charge in [0.1, 0.15) is 13.2 Å². The molecule has 31 heavy (non-hydrogen) atoms. The van der Waals surface area contributed by atoms with Crippen molar-refractivity contribution in [1.82, 2.24) is 5.32 Å². The molecule has 0 spiro atoms. The second-order valence-corrected chi connectivity index (χ2v) is 11.7. The highest BCUT2D eigenvalue weighted by Crippen LogP contribution is 2.42. The molecule has 3 atom stereocenters. The van der Waals surface area contributed by atoms with Crippen molar-refractivity contribution in [3.63, 3.8) is 0 Å². The molecule has 0 aromatic carbocycles. The molecule has 186 valence electrons. The standard InChI is InChI=1S/C23H49N2O5P/c1-6-8-10-11-13-16-22(26)21(24-23(27)17-12-9-7-2)15-14-20-31(28,29)30-19-18-25(3,4)5/h21-22,26H,6-20H2,1-5H3,(H-,24,27,28,29)/p+1/t21-,22+/m0/s1. The van der Waals surface area contributed by atoms with Gasteiger partial charge in [-0.25, -0.2) is 0 Å². The Morgan fingerprint density at radius 1 is 0.968 bits per heavy atom. The van der Waals surface area contributed by atoms with Crippen LogP contribution >= 0.6 is 7.60 Å². The lowest BCUT2D eigenvalue weighted by Gasteiger charge is -2.25. The molecule has 0 aromatic heterocycles. The van der Waals surface area contributed by atoms with Crippen LogP contribution in [0.3, 0.4) is 0 Å². The first-order valence-electron chi connectivity index (χ1n) is 12.2. The van der Waals surface area contributed by atoms with Gasteiger partial charge in [0, 0.05) is 6.42 Å². The number of hydrogen-bond acceptors (Lipinski definition) is 4. The van der Waals surface area contributed by atoms with E-state index in [0.29, 0.717) is 36.7 Å². The zero-order chi connectivity index (χ0) is 23.8. The van der Waals surface area contributed by atoms with Crippen molar-refractivity contribution >= 4 is 13.5 Å². The van der Waals surface area contributed by atoms with Gasteiger partial charge in [-0.3, -0.25) is 9.36 Å². The Balaban J connectivity index is 4.59. The zero-order valence-electron chi connectivity index (χ0n) is 20.8. The predicted molar refractivity (Wildman–Crippen MR) is 128 cm³/mol. The Hall–Kier alpha value is -0.460. The van der Waals surface area contributed by atoms with E-state index in [4.69, 9.17) is 4.52 Å². The highest BCUT2D eigenvalue weighted by Gasteiger charge is 2.25. The maximum atomic E-state index is 12.3. The Bertz CT molecular complexity index is 511. The molecule has 8 heteroatoms. The fourth-order valence-corrected chi connectivity index (χ4v) is 4.44. The number of hydrogen-bond donors (Lipinski definition) is 3. The summed E-state index contributed by atoms with van der Waals surface area (Å²) in [6, 6.07) is -0.383. The second kappa shape index (κ2) is 17.1. The van der Waals surface area contributed by atoms with Crippen LogP contribution < -0.4 is 5.32 Å². The van der Waals surface area contributed by atoms with Crippen molar-refractivity contribution in [2.75, 3.05) is 40.5 Å². The van der Waals surface area contributed by atoms with E-state index in [2.05, 4.69) is 19.2 Å².